The molecule has 0 fully saturated rings. The first kappa shape index (κ1) is 38.7. The summed E-state index contributed by atoms with van der Waals surface area (Å²) in [6.07, 6.45) is -3.94. The molecule has 14 heteroatoms. The zero-order valence-electron chi connectivity index (χ0n) is 27.5. The van der Waals surface area contributed by atoms with Gasteiger partial charge in [0.15, 0.2) is 0 Å². The first-order chi connectivity index (χ1) is 23.3. The fraction of sp³-hybridized carbons (Fsp3) is 0.343. The number of nitrogens with zero attached hydrogens (tertiary/aromatic N) is 4. The van der Waals surface area contributed by atoms with E-state index in [9.17, 15) is 22.8 Å². The third-order valence-corrected chi connectivity index (χ3v) is 7.29. The predicted octanol–water partition coefficient (Wildman–Crippen LogP) is 6.49. The topological polar surface area (TPSA) is 120 Å². The van der Waals surface area contributed by atoms with Crippen LogP contribution in [0.4, 0.5) is 18.9 Å². The van der Waals surface area contributed by atoms with Crippen LogP contribution < -0.4 is 20.7 Å². The maximum Gasteiger partial charge on any atom is 0.408 e. The van der Waals surface area contributed by atoms with E-state index in [0.717, 1.165) is 5.56 Å². The minimum Gasteiger partial charge on any atom is -0.492 e. The van der Waals surface area contributed by atoms with Crippen molar-refractivity contribution in [2.45, 2.75) is 33.0 Å². The zero-order chi connectivity index (χ0) is 35.9. The molecular weight excluding hydrogens is 659 g/mol. The molecular formula is C35H41ClF3N7O3. The average Bonchev–Trinajstić information content (AvgIpc) is 3.07. The standard InChI is InChI=1S/C35H41ClF3N7O3/c1-34(2,21-43-31(47)26-12-14-28(15-13-26)45-33(41-4)44-22-35(37,38)39)23-46(32(48)27-9-6-5-7-10-27)17-8-18-49-30-16-11-25(19-29(30)36)20-42-24-40-3/h5-7,9-16,19,42H,3-4,8,17-18,20-24H2,1-2H3,(H,43,47)(H,44,45). The molecule has 0 saturated carbocycles. The summed E-state index contributed by atoms with van der Waals surface area (Å²) in [5, 5.41) is 9.17. The van der Waals surface area contributed by atoms with Gasteiger partial charge < -0.3 is 20.3 Å². The lowest BCUT2D eigenvalue weighted by Crippen LogP contribution is -2.45. The van der Waals surface area contributed by atoms with Gasteiger partial charge >= 0.3 is 6.18 Å². The van der Waals surface area contributed by atoms with Crippen molar-refractivity contribution in [2.75, 3.05) is 44.8 Å². The number of guanidine groups is 1. The Kier molecular flexibility index (Phi) is 14.8. The van der Waals surface area contributed by atoms with Crippen LogP contribution >= 0.6 is 11.6 Å². The highest BCUT2D eigenvalue weighted by Crippen LogP contribution is 2.26. The van der Waals surface area contributed by atoms with E-state index in [1.54, 1.807) is 29.2 Å². The van der Waals surface area contributed by atoms with Gasteiger partial charge in [0.2, 0.25) is 5.96 Å². The van der Waals surface area contributed by atoms with E-state index in [1.165, 1.54) is 24.3 Å². The van der Waals surface area contributed by atoms with Crippen molar-refractivity contribution < 1.29 is 27.5 Å². The molecule has 3 rings (SSSR count). The maximum absolute atomic E-state index is 13.5. The normalized spacial score (nSPS) is 11.8. The molecule has 0 aliphatic rings. The minimum absolute atomic E-state index is 0.140. The van der Waals surface area contributed by atoms with Gasteiger partial charge in [0, 0.05) is 43.0 Å². The summed E-state index contributed by atoms with van der Waals surface area (Å²) in [7, 11) is 0. The number of carbonyl (C=O) groups is 2. The van der Waals surface area contributed by atoms with Crippen LogP contribution in [-0.2, 0) is 6.54 Å². The second kappa shape index (κ2) is 18.7. The highest BCUT2D eigenvalue weighted by molar-refractivity contribution is 6.32. The number of aliphatic imine (C=N–C) groups is 3. The van der Waals surface area contributed by atoms with Crippen LogP contribution in [0.25, 0.3) is 0 Å². The number of ether oxygens (including phenoxy) is 1. The quantitative estimate of drug-likeness (QED) is 0.0846. The van der Waals surface area contributed by atoms with Gasteiger partial charge in [0.05, 0.1) is 18.3 Å². The van der Waals surface area contributed by atoms with Crippen LogP contribution in [-0.4, -0.2) is 81.7 Å². The molecule has 0 bridgehead atoms. The lowest BCUT2D eigenvalue weighted by atomic mass is 9.92. The monoisotopic (exact) mass is 699 g/mol. The Morgan fingerprint density at radius 2 is 1.69 bits per heavy atom. The van der Waals surface area contributed by atoms with Crippen molar-refractivity contribution in [2.24, 2.45) is 20.4 Å². The lowest BCUT2D eigenvalue weighted by molar-refractivity contribution is -0.118. The Bertz CT molecular complexity index is 1580. The lowest BCUT2D eigenvalue weighted by Gasteiger charge is -2.33. The largest absolute Gasteiger partial charge is 0.492 e. The van der Waals surface area contributed by atoms with E-state index in [2.05, 4.69) is 44.4 Å². The van der Waals surface area contributed by atoms with Gasteiger partial charge in [-0.05, 0) is 79.4 Å². The second-order valence-electron chi connectivity index (χ2n) is 11.8. The van der Waals surface area contributed by atoms with E-state index < -0.39 is 18.1 Å². The van der Waals surface area contributed by atoms with Gasteiger partial charge in [-0.15, -0.1) is 0 Å². The van der Waals surface area contributed by atoms with Gasteiger partial charge in [0.25, 0.3) is 11.8 Å². The SMILES string of the molecule is C=NCNCc1ccc(OCCCN(CC(C)(C)CNC(=O)c2ccc(N/C(N=C)=N/CC(F)(F)F)cc2)C(=O)c2ccccc2)c(Cl)c1. The number of amides is 2. The van der Waals surface area contributed by atoms with Gasteiger partial charge in [-0.1, -0.05) is 49.7 Å². The molecule has 3 aromatic carbocycles. The van der Waals surface area contributed by atoms with Gasteiger partial charge in [0.1, 0.15) is 12.3 Å². The first-order valence-corrected chi connectivity index (χ1v) is 15.8. The number of carbonyl (C=O) groups excluding carboxylic acids is 2. The van der Waals surface area contributed by atoms with E-state index >= 15 is 0 Å². The summed E-state index contributed by atoms with van der Waals surface area (Å²) < 4.78 is 43.4. The molecule has 262 valence electrons. The fourth-order valence-corrected chi connectivity index (χ4v) is 4.88. The molecule has 0 aromatic heterocycles. The minimum atomic E-state index is -4.47. The van der Waals surface area contributed by atoms with Gasteiger partial charge in [-0.3, -0.25) is 19.9 Å². The Labute approximate surface area is 289 Å². The van der Waals surface area contributed by atoms with Gasteiger partial charge in [-0.2, -0.15) is 13.2 Å². The molecule has 3 aromatic rings. The summed E-state index contributed by atoms with van der Waals surface area (Å²) in [4.78, 5) is 38.9. The molecule has 0 heterocycles. The molecule has 0 saturated heterocycles. The van der Waals surface area contributed by atoms with Crippen LogP contribution in [0.2, 0.25) is 5.02 Å². The number of rotatable bonds is 17. The molecule has 49 heavy (non-hydrogen) atoms. The maximum atomic E-state index is 13.5. The summed E-state index contributed by atoms with van der Waals surface area (Å²) in [6.45, 7) is 11.6. The van der Waals surface area contributed by atoms with Crippen molar-refractivity contribution in [1.29, 1.82) is 0 Å². The van der Waals surface area contributed by atoms with Crippen LogP contribution in [0.1, 0.15) is 46.5 Å². The molecule has 2 amide bonds. The van der Waals surface area contributed by atoms with E-state index in [4.69, 9.17) is 16.3 Å². The van der Waals surface area contributed by atoms with Crippen molar-refractivity contribution in [1.82, 2.24) is 15.5 Å². The molecule has 0 atom stereocenters. The molecule has 0 aliphatic carbocycles. The van der Waals surface area contributed by atoms with Crippen molar-refractivity contribution in [3.63, 3.8) is 0 Å². The summed E-state index contributed by atoms with van der Waals surface area (Å²) in [6, 6.07) is 20.6. The fourth-order valence-electron chi connectivity index (χ4n) is 4.63. The number of halogens is 4. The van der Waals surface area contributed by atoms with E-state index in [0.29, 0.717) is 66.9 Å². The highest BCUT2D eigenvalue weighted by Gasteiger charge is 2.27. The smallest absolute Gasteiger partial charge is 0.408 e. The van der Waals surface area contributed by atoms with Crippen molar-refractivity contribution in [3.8, 4) is 5.75 Å². The Morgan fingerprint density at radius 3 is 2.33 bits per heavy atom. The number of nitrogens with one attached hydrogen (secondary N) is 3. The second-order valence-corrected chi connectivity index (χ2v) is 12.2. The zero-order valence-corrected chi connectivity index (χ0v) is 28.3. The van der Waals surface area contributed by atoms with Crippen LogP contribution in [0.5, 0.6) is 5.75 Å². The van der Waals surface area contributed by atoms with Crippen LogP contribution in [0.3, 0.4) is 0 Å². The predicted molar refractivity (Wildman–Crippen MR) is 189 cm³/mol. The average molecular weight is 700 g/mol. The number of hydrogen-bond acceptors (Lipinski definition) is 6. The molecule has 3 N–H and O–H groups in total. The number of hydrogen-bond donors (Lipinski definition) is 3. The summed E-state index contributed by atoms with van der Waals surface area (Å²) >= 11 is 6.43. The van der Waals surface area contributed by atoms with Crippen LogP contribution in [0, 0.1) is 5.41 Å². The van der Waals surface area contributed by atoms with Crippen LogP contribution in [0.15, 0.2) is 87.8 Å². The van der Waals surface area contributed by atoms with Gasteiger partial charge in [-0.25, -0.2) is 9.98 Å². The first-order valence-electron chi connectivity index (χ1n) is 15.4. The molecule has 0 radical (unpaired) electrons. The Morgan fingerprint density at radius 1 is 0.980 bits per heavy atom. The summed E-state index contributed by atoms with van der Waals surface area (Å²) in [5.74, 6) is -0.231. The number of anilines is 1. The van der Waals surface area contributed by atoms with E-state index in [-0.39, 0.29) is 24.3 Å². The summed E-state index contributed by atoms with van der Waals surface area (Å²) in [5.41, 5.74) is 1.74. The molecule has 0 unspecified atom stereocenters. The Hall–Kier alpha value is -4.75. The molecule has 10 nitrogen and oxygen atoms in total. The van der Waals surface area contributed by atoms with E-state index in [1.807, 2.05) is 38.1 Å². The third-order valence-electron chi connectivity index (χ3n) is 6.99. The molecule has 0 spiro atoms. The number of alkyl halides is 3. The third kappa shape index (κ3) is 13.7. The molecule has 0 aliphatic heterocycles. The van der Waals surface area contributed by atoms with Crippen molar-refractivity contribution >= 4 is 48.5 Å². The highest BCUT2D eigenvalue weighted by atomic mass is 35.5. The number of benzene rings is 3. The van der Waals surface area contributed by atoms with Crippen molar-refractivity contribution in [3.05, 3.63) is 94.5 Å². The Balaban J connectivity index is 1.58.